The Kier molecular flexibility index (Phi) is 2.23. The lowest BCUT2D eigenvalue weighted by molar-refractivity contribution is 1.01. The van der Waals surface area contributed by atoms with Gasteiger partial charge in [0, 0.05) is 12.4 Å². The van der Waals surface area contributed by atoms with Gasteiger partial charge in [-0.25, -0.2) is 0 Å². The van der Waals surface area contributed by atoms with E-state index < -0.39 is 0 Å². The fourth-order valence-electron chi connectivity index (χ4n) is 1.83. The largest absolute Gasteiger partial charge is 0.284 e. The van der Waals surface area contributed by atoms with E-state index in [4.69, 9.17) is 11.6 Å². The Morgan fingerprint density at radius 2 is 2.18 bits per heavy atom. The van der Waals surface area contributed by atoms with E-state index >= 15 is 0 Å². The molecule has 3 rings (SSSR count). The van der Waals surface area contributed by atoms with E-state index in [1.165, 1.54) is 4.57 Å². The monoisotopic (exact) mass is 245 g/mol. The van der Waals surface area contributed by atoms with Crippen LogP contribution in [-0.2, 0) is 0 Å². The second-order valence-electron chi connectivity index (χ2n) is 3.65. The highest BCUT2D eigenvalue weighted by Gasteiger charge is 2.07. The van der Waals surface area contributed by atoms with E-state index in [-0.39, 0.29) is 5.56 Å². The predicted octanol–water partition coefficient (Wildman–Crippen LogP) is 2.37. The van der Waals surface area contributed by atoms with E-state index in [0.29, 0.717) is 16.1 Å². The highest BCUT2D eigenvalue weighted by atomic mass is 35.5. The van der Waals surface area contributed by atoms with Gasteiger partial charge in [0.15, 0.2) is 0 Å². The molecule has 0 saturated heterocycles. The molecule has 0 fully saturated rings. The van der Waals surface area contributed by atoms with Gasteiger partial charge in [-0.3, -0.25) is 14.5 Å². The molecule has 0 saturated carbocycles. The highest BCUT2D eigenvalue weighted by molar-refractivity contribution is 6.35. The molecule has 0 amide bonds. The van der Waals surface area contributed by atoms with Crippen molar-refractivity contribution >= 4 is 22.4 Å². The lowest BCUT2D eigenvalue weighted by atomic mass is 10.2. The van der Waals surface area contributed by atoms with Crippen molar-refractivity contribution < 1.29 is 0 Å². The summed E-state index contributed by atoms with van der Waals surface area (Å²) in [6.45, 7) is 0. The van der Waals surface area contributed by atoms with E-state index in [2.05, 4.69) is 10.2 Å². The SMILES string of the molecule is O=c1c2c(Cl)cccc2ccn1-c1cn[nH]c1. The minimum atomic E-state index is -0.144. The fraction of sp³-hybridized carbons (Fsp3) is 0. The van der Waals surface area contributed by atoms with Crippen LogP contribution in [0.3, 0.4) is 0 Å². The quantitative estimate of drug-likeness (QED) is 0.716. The molecule has 17 heavy (non-hydrogen) atoms. The molecule has 0 bridgehead atoms. The Morgan fingerprint density at radius 1 is 1.29 bits per heavy atom. The van der Waals surface area contributed by atoms with Crippen LogP contribution in [0.5, 0.6) is 0 Å². The van der Waals surface area contributed by atoms with Crippen molar-refractivity contribution in [2.24, 2.45) is 0 Å². The number of benzene rings is 1. The zero-order valence-electron chi connectivity index (χ0n) is 8.72. The topological polar surface area (TPSA) is 50.7 Å². The molecule has 3 aromatic rings. The van der Waals surface area contributed by atoms with E-state index in [0.717, 1.165) is 5.39 Å². The number of halogens is 1. The smallest absolute Gasteiger partial charge is 0.264 e. The van der Waals surface area contributed by atoms with Gasteiger partial charge in [0.05, 0.1) is 22.3 Å². The second-order valence-corrected chi connectivity index (χ2v) is 4.06. The first kappa shape index (κ1) is 10.1. The van der Waals surface area contributed by atoms with Crippen LogP contribution in [0.15, 0.2) is 47.7 Å². The second kappa shape index (κ2) is 3.75. The molecule has 0 unspecified atom stereocenters. The van der Waals surface area contributed by atoms with Crippen LogP contribution < -0.4 is 5.56 Å². The minimum Gasteiger partial charge on any atom is -0.284 e. The number of nitrogens with one attached hydrogen (secondary N) is 1. The summed E-state index contributed by atoms with van der Waals surface area (Å²) in [5.74, 6) is 0. The first-order valence-electron chi connectivity index (χ1n) is 5.06. The number of fused-ring (bicyclic) bond motifs is 1. The van der Waals surface area contributed by atoms with Gasteiger partial charge in [-0.2, -0.15) is 5.10 Å². The molecule has 0 atom stereocenters. The number of hydrogen-bond acceptors (Lipinski definition) is 2. The molecule has 5 heteroatoms. The molecule has 1 N–H and O–H groups in total. The molecule has 0 radical (unpaired) electrons. The van der Waals surface area contributed by atoms with Crippen LogP contribution in [0.4, 0.5) is 0 Å². The van der Waals surface area contributed by atoms with Gasteiger partial charge < -0.3 is 0 Å². The number of hydrogen-bond donors (Lipinski definition) is 1. The Morgan fingerprint density at radius 3 is 2.94 bits per heavy atom. The third kappa shape index (κ3) is 1.54. The van der Waals surface area contributed by atoms with Gasteiger partial charge >= 0.3 is 0 Å². The first-order chi connectivity index (χ1) is 8.27. The van der Waals surface area contributed by atoms with Crippen LogP contribution in [0, 0.1) is 0 Å². The molecule has 4 nitrogen and oxygen atoms in total. The number of rotatable bonds is 1. The number of pyridine rings is 1. The zero-order chi connectivity index (χ0) is 11.8. The van der Waals surface area contributed by atoms with Crippen LogP contribution in [0.2, 0.25) is 5.02 Å². The van der Waals surface area contributed by atoms with Crippen molar-refractivity contribution in [2.75, 3.05) is 0 Å². The maximum absolute atomic E-state index is 12.3. The number of H-pyrrole nitrogens is 1. The third-order valence-corrected chi connectivity index (χ3v) is 2.96. The van der Waals surface area contributed by atoms with E-state index in [1.807, 2.05) is 18.2 Å². The first-order valence-corrected chi connectivity index (χ1v) is 5.44. The summed E-state index contributed by atoms with van der Waals surface area (Å²) < 4.78 is 1.51. The van der Waals surface area contributed by atoms with Crippen molar-refractivity contribution in [1.29, 1.82) is 0 Å². The molecule has 0 aliphatic rings. The lowest BCUT2D eigenvalue weighted by Gasteiger charge is -2.05. The highest BCUT2D eigenvalue weighted by Crippen LogP contribution is 2.20. The lowest BCUT2D eigenvalue weighted by Crippen LogP contribution is -2.17. The van der Waals surface area contributed by atoms with Crippen LogP contribution in [0.1, 0.15) is 0 Å². The Hall–Kier alpha value is -2.07. The minimum absolute atomic E-state index is 0.144. The van der Waals surface area contributed by atoms with Crippen LogP contribution in [0.25, 0.3) is 16.5 Å². The molecule has 0 aliphatic carbocycles. The Balaban J connectivity index is 2.41. The van der Waals surface area contributed by atoms with Gasteiger partial charge in [0.2, 0.25) is 0 Å². The van der Waals surface area contributed by atoms with Crippen molar-refractivity contribution in [1.82, 2.24) is 14.8 Å². The summed E-state index contributed by atoms with van der Waals surface area (Å²) in [6.07, 6.45) is 4.96. The van der Waals surface area contributed by atoms with Crippen molar-refractivity contribution in [3.05, 3.63) is 58.2 Å². The van der Waals surface area contributed by atoms with Gasteiger partial charge in [0.25, 0.3) is 5.56 Å². The molecular weight excluding hydrogens is 238 g/mol. The molecule has 0 spiro atoms. The Bertz CT molecular complexity index is 731. The summed E-state index contributed by atoms with van der Waals surface area (Å²) in [5, 5.41) is 8.32. The number of aromatic amines is 1. The summed E-state index contributed by atoms with van der Waals surface area (Å²) in [4.78, 5) is 12.3. The Labute approximate surface area is 101 Å². The van der Waals surface area contributed by atoms with Crippen molar-refractivity contribution in [2.45, 2.75) is 0 Å². The molecule has 2 aromatic heterocycles. The van der Waals surface area contributed by atoms with Gasteiger partial charge in [0.1, 0.15) is 0 Å². The van der Waals surface area contributed by atoms with E-state index in [9.17, 15) is 4.79 Å². The van der Waals surface area contributed by atoms with E-state index in [1.54, 1.807) is 24.7 Å². The average Bonchev–Trinajstić information content (AvgIpc) is 2.83. The van der Waals surface area contributed by atoms with Gasteiger partial charge in [-0.05, 0) is 17.5 Å². The molecule has 2 heterocycles. The molecule has 84 valence electrons. The average molecular weight is 246 g/mol. The number of aromatic nitrogens is 3. The van der Waals surface area contributed by atoms with Crippen LogP contribution >= 0.6 is 11.6 Å². The fourth-order valence-corrected chi connectivity index (χ4v) is 2.09. The maximum Gasteiger partial charge on any atom is 0.264 e. The molecule has 0 aliphatic heterocycles. The summed E-state index contributed by atoms with van der Waals surface area (Å²) in [5.41, 5.74) is 0.548. The summed E-state index contributed by atoms with van der Waals surface area (Å²) >= 11 is 6.06. The molecular formula is C12H8ClN3O. The van der Waals surface area contributed by atoms with Gasteiger partial charge in [-0.15, -0.1) is 0 Å². The van der Waals surface area contributed by atoms with Crippen LogP contribution in [-0.4, -0.2) is 14.8 Å². The summed E-state index contributed by atoms with van der Waals surface area (Å²) in [6, 6.07) is 7.26. The maximum atomic E-state index is 12.3. The normalized spacial score (nSPS) is 10.9. The predicted molar refractivity (Wildman–Crippen MR) is 66.7 cm³/mol. The summed E-state index contributed by atoms with van der Waals surface area (Å²) in [7, 11) is 0. The van der Waals surface area contributed by atoms with Crippen molar-refractivity contribution in [3.8, 4) is 5.69 Å². The van der Waals surface area contributed by atoms with Crippen molar-refractivity contribution in [3.63, 3.8) is 0 Å². The van der Waals surface area contributed by atoms with Gasteiger partial charge in [-0.1, -0.05) is 23.7 Å². The standard InChI is InChI=1S/C12H8ClN3O/c13-10-3-1-2-8-4-5-16(12(17)11(8)10)9-6-14-15-7-9/h1-7H,(H,14,15). The zero-order valence-corrected chi connectivity index (χ0v) is 9.48. The number of nitrogens with zero attached hydrogens (tertiary/aromatic N) is 2. The molecule has 1 aromatic carbocycles. The third-order valence-electron chi connectivity index (χ3n) is 2.64.